The summed E-state index contributed by atoms with van der Waals surface area (Å²) >= 11 is 1.14. The van der Waals surface area contributed by atoms with Crippen LogP contribution < -0.4 is 15.2 Å². The van der Waals surface area contributed by atoms with Crippen molar-refractivity contribution in [1.29, 1.82) is 0 Å². The van der Waals surface area contributed by atoms with E-state index in [4.69, 9.17) is 15.2 Å². The van der Waals surface area contributed by atoms with Gasteiger partial charge >= 0.3 is 0 Å². The van der Waals surface area contributed by atoms with E-state index in [0.717, 1.165) is 17.4 Å². The number of aromatic nitrogens is 3. The van der Waals surface area contributed by atoms with Crippen molar-refractivity contribution in [1.82, 2.24) is 14.8 Å². The first-order valence-electron chi connectivity index (χ1n) is 10.2. The molecule has 2 N–H and O–H groups in total. The van der Waals surface area contributed by atoms with Crippen LogP contribution in [0.5, 0.6) is 11.5 Å². The molecule has 0 aliphatic carbocycles. The third-order valence-electron chi connectivity index (χ3n) is 5.12. The van der Waals surface area contributed by atoms with E-state index >= 15 is 0 Å². The molecule has 5 rings (SSSR count). The van der Waals surface area contributed by atoms with E-state index in [9.17, 15) is 9.18 Å². The Balaban J connectivity index is 1.54. The van der Waals surface area contributed by atoms with E-state index < -0.39 is 23.1 Å². The van der Waals surface area contributed by atoms with Crippen molar-refractivity contribution in [2.24, 2.45) is 5.73 Å². The molecule has 1 aliphatic rings. The number of amides is 1. The summed E-state index contributed by atoms with van der Waals surface area (Å²) in [6, 6.07) is 22.6. The van der Waals surface area contributed by atoms with Crippen LogP contribution in [0.25, 0.3) is 5.69 Å². The van der Waals surface area contributed by atoms with E-state index in [1.165, 1.54) is 24.3 Å². The molecule has 9 heteroatoms. The van der Waals surface area contributed by atoms with Crippen LogP contribution in [0, 0.1) is 5.82 Å². The number of carbonyl (C=O) groups is 1. The maximum atomic E-state index is 13.4. The molecule has 0 unspecified atom stereocenters. The number of benzene rings is 3. The number of thioether (sulfide) groups is 1. The van der Waals surface area contributed by atoms with Crippen molar-refractivity contribution in [3.8, 4) is 17.2 Å². The predicted molar refractivity (Wildman–Crippen MR) is 121 cm³/mol. The quantitative estimate of drug-likeness (QED) is 0.431. The van der Waals surface area contributed by atoms with Gasteiger partial charge in [-0.1, -0.05) is 54.2 Å². The number of nitrogens with two attached hydrogens (primary N) is 1. The topological polar surface area (TPSA) is 92.3 Å². The van der Waals surface area contributed by atoms with Crippen molar-refractivity contribution in [2.45, 2.75) is 16.5 Å². The first kappa shape index (κ1) is 21.0. The molecule has 7 nitrogen and oxygen atoms in total. The number of para-hydroxylation sites is 3. The van der Waals surface area contributed by atoms with Crippen LogP contribution in [0.1, 0.15) is 22.7 Å². The van der Waals surface area contributed by atoms with Gasteiger partial charge in [0.05, 0.1) is 0 Å². The highest BCUT2D eigenvalue weighted by Gasteiger charge is 2.31. The van der Waals surface area contributed by atoms with Crippen LogP contribution in [0.15, 0.2) is 84.0 Å². The molecular formula is C24H19FN4O3S. The van der Waals surface area contributed by atoms with E-state index in [1.54, 1.807) is 0 Å². The Morgan fingerprint density at radius 1 is 1.00 bits per heavy atom. The van der Waals surface area contributed by atoms with Gasteiger partial charge in [0.1, 0.15) is 17.7 Å². The molecule has 0 radical (unpaired) electrons. The van der Waals surface area contributed by atoms with Gasteiger partial charge in [-0.2, -0.15) is 0 Å². The molecule has 166 valence electrons. The van der Waals surface area contributed by atoms with Crippen molar-refractivity contribution < 1.29 is 18.7 Å². The Bertz CT molecular complexity index is 1280. The average molecular weight is 463 g/mol. The second-order valence-corrected chi connectivity index (χ2v) is 8.40. The number of halogens is 1. The summed E-state index contributed by atoms with van der Waals surface area (Å²) < 4.78 is 27.2. The van der Waals surface area contributed by atoms with Crippen LogP contribution >= 0.6 is 11.8 Å². The molecule has 0 bridgehead atoms. The van der Waals surface area contributed by atoms with E-state index in [2.05, 4.69) is 10.2 Å². The summed E-state index contributed by atoms with van der Waals surface area (Å²) in [7, 11) is 0. The standard InChI is InChI=1S/C24H19FN4O3S/c25-16-12-10-15(11-13-16)21(22(26)30)33-24-28-27-23(29(24)17-6-2-1-3-7-17)20-14-31-18-8-4-5-9-19(18)32-20/h1-13,20-21H,14H2,(H2,26,30)/t20-,21+/m0/s1. The molecule has 3 aromatic carbocycles. The minimum absolute atomic E-state index is 0.254. The minimum Gasteiger partial charge on any atom is -0.485 e. The van der Waals surface area contributed by atoms with Gasteiger partial charge in [0.2, 0.25) is 5.91 Å². The monoisotopic (exact) mass is 462 g/mol. The SMILES string of the molecule is NC(=O)[C@H](Sc1nnc([C@@H]2COc3ccccc3O2)n1-c1ccccc1)c1ccc(F)cc1. The first-order chi connectivity index (χ1) is 16.1. The Kier molecular flexibility index (Phi) is 5.70. The number of nitrogens with zero attached hydrogens (tertiary/aromatic N) is 3. The van der Waals surface area contributed by atoms with Gasteiger partial charge in [0, 0.05) is 5.69 Å². The van der Waals surface area contributed by atoms with E-state index in [1.807, 2.05) is 59.2 Å². The van der Waals surface area contributed by atoms with Gasteiger partial charge in [-0.15, -0.1) is 10.2 Å². The van der Waals surface area contributed by atoms with Crippen LogP contribution in [0.4, 0.5) is 4.39 Å². The van der Waals surface area contributed by atoms with E-state index in [0.29, 0.717) is 28.0 Å². The highest BCUT2D eigenvalue weighted by molar-refractivity contribution is 8.00. The second-order valence-electron chi connectivity index (χ2n) is 7.33. The van der Waals surface area contributed by atoms with Crippen molar-refractivity contribution in [3.63, 3.8) is 0 Å². The maximum absolute atomic E-state index is 13.4. The Morgan fingerprint density at radius 3 is 2.42 bits per heavy atom. The summed E-state index contributed by atoms with van der Waals surface area (Å²) in [5.74, 6) is 0.852. The third kappa shape index (κ3) is 4.27. The molecule has 2 atom stereocenters. The molecule has 0 saturated carbocycles. The van der Waals surface area contributed by atoms with Gasteiger partial charge < -0.3 is 15.2 Å². The van der Waals surface area contributed by atoms with Gasteiger partial charge in [-0.3, -0.25) is 9.36 Å². The van der Waals surface area contributed by atoms with Crippen LogP contribution in [-0.2, 0) is 4.79 Å². The van der Waals surface area contributed by atoms with Crippen molar-refractivity contribution in [2.75, 3.05) is 6.61 Å². The fourth-order valence-corrected chi connectivity index (χ4v) is 4.58. The van der Waals surface area contributed by atoms with Gasteiger partial charge in [0.25, 0.3) is 0 Å². The first-order valence-corrected chi connectivity index (χ1v) is 11.1. The molecule has 0 saturated heterocycles. The maximum Gasteiger partial charge on any atom is 0.235 e. The lowest BCUT2D eigenvalue weighted by Gasteiger charge is -2.26. The lowest BCUT2D eigenvalue weighted by atomic mass is 10.1. The molecule has 4 aromatic rings. The van der Waals surface area contributed by atoms with Gasteiger partial charge in [0.15, 0.2) is 28.6 Å². The summed E-state index contributed by atoms with van der Waals surface area (Å²) in [6.45, 7) is 0.254. The van der Waals surface area contributed by atoms with Crippen LogP contribution in [0.2, 0.25) is 0 Å². The summed E-state index contributed by atoms with van der Waals surface area (Å²) in [4.78, 5) is 12.3. The molecule has 0 spiro atoms. The molecule has 1 aliphatic heterocycles. The number of hydrogen-bond acceptors (Lipinski definition) is 6. The smallest absolute Gasteiger partial charge is 0.235 e. The molecule has 2 heterocycles. The molecular weight excluding hydrogens is 443 g/mol. The van der Waals surface area contributed by atoms with Crippen LogP contribution in [-0.4, -0.2) is 27.3 Å². The summed E-state index contributed by atoms with van der Waals surface area (Å²) in [5.41, 5.74) is 7.06. The Labute approximate surface area is 193 Å². The normalized spacial score (nSPS) is 15.7. The van der Waals surface area contributed by atoms with Crippen molar-refractivity contribution >= 4 is 17.7 Å². The van der Waals surface area contributed by atoms with E-state index in [-0.39, 0.29) is 6.61 Å². The van der Waals surface area contributed by atoms with Crippen molar-refractivity contribution in [3.05, 3.63) is 96.1 Å². The highest BCUT2D eigenvalue weighted by atomic mass is 32.2. The largest absolute Gasteiger partial charge is 0.485 e. The molecule has 1 amide bonds. The lowest BCUT2D eigenvalue weighted by molar-refractivity contribution is -0.117. The fraction of sp³-hybridized carbons (Fsp3) is 0.125. The zero-order valence-corrected chi connectivity index (χ0v) is 18.1. The second kappa shape index (κ2) is 8.95. The zero-order chi connectivity index (χ0) is 22.8. The highest BCUT2D eigenvalue weighted by Crippen LogP contribution is 2.39. The summed E-state index contributed by atoms with van der Waals surface area (Å²) in [6.07, 6.45) is -0.514. The number of rotatable bonds is 6. The number of carbonyl (C=O) groups excluding carboxylic acids is 1. The Hall–Kier alpha value is -3.85. The minimum atomic E-state index is -0.783. The number of fused-ring (bicyclic) bond motifs is 1. The molecule has 0 fully saturated rings. The number of hydrogen-bond donors (Lipinski definition) is 1. The third-order valence-corrected chi connectivity index (χ3v) is 6.34. The predicted octanol–water partition coefficient (Wildman–Crippen LogP) is 4.24. The van der Waals surface area contributed by atoms with Gasteiger partial charge in [-0.05, 0) is 42.0 Å². The van der Waals surface area contributed by atoms with Gasteiger partial charge in [-0.25, -0.2) is 4.39 Å². The average Bonchev–Trinajstić information content (AvgIpc) is 3.27. The Morgan fingerprint density at radius 2 is 1.70 bits per heavy atom. The molecule has 33 heavy (non-hydrogen) atoms. The number of ether oxygens (including phenoxy) is 2. The lowest BCUT2D eigenvalue weighted by Crippen LogP contribution is -2.25. The van der Waals surface area contributed by atoms with Crippen LogP contribution in [0.3, 0.4) is 0 Å². The zero-order valence-electron chi connectivity index (χ0n) is 17.3. The fourth-order valence-electron chi connectivity index (χ4n) is 3.57. The number of primary amides is 1. The summed E-state index contributed by atoms with van der Waals surface area (Å²) in [5, 5.41) is 8.40. The molecule has 1 aromatic heterocycles.